The molecule has 0 N–H and O–H groups in total. The van der Waals surface area contributed by atoms with Crippen LogP contribution in [-0.4, -0.2) is 28.7 Å². The van der Waals surface area contributed by atoms with E-state index in [1.54, 1.807) is 23.1 Å². The summed E-state index contributed by atoms with van der Waals surface area (Å²) in [6.45, 7) is 4.61. The minimum absolute atomic E-state index is 0.0520. The highest BCUT2D eigenvalue weighted by molar-refractivity contribution is 9.09. The van der Waals surface area contributed by atoms with Crippen LogP contribution in [0.25, 0.3) is 0 Å². The minimum Gasteiger partial charge on any atom is -0.335 e. The second-order valence-electron chi connectivity index (χ2n) is 3.94. The number of hydrogen-bond acceptors (Lipinski definition) is 1. The average molecular weight is 339 g/mol. The summed E-state index contributed by atoms with van der Waals surface area (Å²) in [6.07, 6.45) is 0. The first-order valence-electron chi connectivity index (χ1n) is 5.28. The lowest BCUT2D eigenvalue weighted by atomic mass is 10.1. The van der Waals surface area contributed by atoms with Crippen molar-refractivity contribution in [2.45, 2.75) is 19.9 Å². The van der Waals surface area contributed by atoms with Crippen molar-refractivity contribution < 1.29 is 4.79 Å². The third-order valence-corrected chi connectivity index (χ3v) is 3.11. The van der Waals surface area contributed by atoms with E-state index in [1.165, 1.54) is 0 Å². The summed E-state index contributed by atoms with van der Waals surface area (Å²) in [5, 5.41) is 1.69. The van der Waals surface area contributed by atoms with Crippen molar-refractivity contribution in [1.82, 2.24) is 4.90 Å². The molecule has 2 nitrogen and oxygen atoms in total. The van der Waals surface area contributed by atoms with Crippen LogP contribution in [0.1, 0.15) is 24.2 Å². The number of benzene rings is 1. The molecule has 0 heterocycles. The van der Waals surface area contributed by atoms with Crippen molar-refractivity contribution in [2.24, 2.45) is 0 Å². The molecule has 1 aromatic carbocycles. The number of rotatable bonds is 4. The van der Waals surface area contributed by atoms with E-state index in [-0.39, 0.29) is 11.9 Å². The van der Waals surface area contributed by atoms with E-state index in [0.29, 0.717) is 22.2 Å². The number of amides is 1. The fourth-order valence-electron chi connectivity index (χ4n) is 1.53. The number of hydrogen-bond donors (Lipinski definition) is 0. The van der Waals surface area contributed by atoms with E-state index in [9.17, 15) is 4.79 Å². The fraction of sp³-hybridized carbons (Fsp3) is 0.417. The second kappa shape index (κ2) is 6.62. The highest BCUT2D eigenvalue weighted by Crippen LogP contribution is 2.20. The Labute approximate surface area is 120 Å². The molecule has 94 valence electrons. The van der Waals surface area contributed by atoms with E-state index < -0.39 is 0 Å². The van der Waals surface area contributed by atoms with E-state index in [1.807, 2.05) is 13.8 Å². The number of alkyl halides is 1. The molecule has 0 fully saturated rings. The Hall–Kier alpha value is -0.250. The topological polar surface area (TPSA) is 20.3 Å². The van der Waals surface area contributed by atoms with Crippen LogP contribution in [0.4, 0.5) is 0 Å². The Bertz CT molecular complexity index is 389. The monoisotopic (exact) mass is 337 g/mol. The smallest absolute Gasteiger partial charge is 0.254 e. The fourth-order valence-corrected chi connectivity index (χ4v) is 2.44. The predicted octanol–water partition coefficient (Wildman–Crippen LogP) is 4.24. The van der Waals surface area contributed by atoms with Crippen LogP contribution in [0.5, 0.6) is 0 Å². The zero-order valence-electron chi connectivity index (χ0n) is 9.71. The van der Waals surface area contributed by atoms with Gasteiger partial charge >= 0.3 is 0 Å². The molecule has 5 heteroatoms. The van der Waals surface area contributed by atoms with Crippen molar-refractivity contribution in [3.63, 3.8) is 0 Å². The molecule has 1 aromatic rings. The predicted molar refractivity (Wildman–Crippen MR) is 76.4 cm³/mol. The van der Waals surface area contributed by atoms with Crippen LogP contribution < -0.4 is 0 Å². The summed E-state index contributed by atoms with van der Waals surface area (Å²) in [5.74, 6) is -0.0520. The van der Waals surface area contributed by atoms with Gasteiger partial charge in [-0.05, 0) is 32.0 Å². The van der Waals surface area contributed by atoms with Gasteiger partial charge in [0.15, 0.2) is 0 Å². The number of halogens is 3. The van der Waals surface area contributed by atoms with Gasteiger partial charge in [0.25, 0.3) is 5.91 Å². The lowest BCUT2D eigenvalue weighted by Crippen LogP contribution is -2.38. The van der Waals surface area contributed by atoms with Gasteiger partial charge in [-0.3, -0.25) is 4.79 Å². The molecule has 0 aromatic heterocycles. The van der Waals surface area contributed by atoms with Crippen molar-refractivity contribution in [2.75, 3.05) is 11.9 Å². The molecule has 1 rings (SSSR count). The van der Waals surface area contributed by atoms with Gasteiger partial charge in [-0.1, -0.05) is 39.1 Å². The Morgan fingerprint density at radius 1 is 1.29 bits per heavy atom. The molecule has 0 saturated carbocycles. The Morgan fingerprint density at radius 3 is 2.24 bits per heavy atom. The average Bonchev–Trinajstić information content (AvgIpc) is 2.23. The molecule has 17 heavy (non-hydrogen) atoms. The molecule has 0 aliphatic heterocycles. The quantitative estimate of drug-likeness (QED) is 0.752. The summed E-state index contributed by atoms with van der Waals surface area (Å²) in [5.41, 5.74) is 0.525. The van der Waals surface area contributed by atoms with Gasteiger partial charge in [-0.2, -0.15) is 0 Å². The summed E-state index contributed by atoms with van der Waals surface area (Å²) < 4.78 is 0. The van der Waals surface area contributed by atoms with Crippen LogP contribution in [0.3, 0.4) is 0 Å². The van der Waals surface area contributed by atoms with Crippen LogP contribution in [0.15, 0.2) is 18.2 Å². The maximum atomic E-state index is 12.3. The van der Waals surface area contributed by atoms with E-state index in [0.717, 1.165) is 5.33 Å². The first kappa shape index (κ1) is 14.8. The third-order valence-electron chi connectivity index (χ3n) is 2.32. The largest absolute Gasteiger partial charge is 0.335 e. The molecule has 0 unspecified atom stereocenters. The minimum atomic E-state index is -0.0520. The third kappa shape index (κ3) is 4.16. The molecular formula is C12H14BrCl2NO. The first-order valence-corrected chi connectivity index (χ1v) is 7.16. The van der Waals surface area contributed by atoms with Crippen LogP contribution >= 0.6 is 39.1 Å². The van der Waals surface area contributed by atoms with Gasteiger partial charge in [0.05, 0.1) is 0 Å². The van der Waals surface area contributed by atoms with Gasteiger partial charge < -0.3 is 4.90 Å². The van der Waals surface area contributed by atoms with Gasteiger partial charge in [-0.15, -0.1) is 0 Å². The van der Waals surface area contributed by atoms with E-state index >= 15 is 0 Å². The number of carbonyl (C=O) groups is 1. The molecule has 0 atom stereocenters. The molecule has 0 spiro atoms. The van der Waals surface area contributed by atoms with Crippen molar-refractivity contribution in [3.05, 3.63) is 33.8 Å². The number of nitrogens with zero attached hydrogens (tertiary/aromatic N) is 1. The zero-order chi connectivity index (χ0) is 13.0. The van der Waals surface area contributed by atoms with E-state index in [4.69, 9.17) is 23.2 Å². The SMILES string of the molecule is CC(C)N(CCBr)C(=O)c1cc(Cl)cc(Cl)c1. The summed E-state index contributed by atoms with van der Waals surface area (Å²) in [6, 6.07) is 5.03. The van der Waals surface area contributed by atoms with Gasteiger partial charge in [0, 0.05) is 33.5 Å². The number of carbonyl (C=O) groups excluding carboxylic acids is 1. The van der Waals surface area contributed by atoms with Crippen LogP contribution in [0, 0.1) is 0 Å². The second-order valence-corrected chi connectivity index (χ2v) is 5.61. The lowest BCUT2D eigenvalue weighted by Gasteiger charge is -2.26. The Kier molecular flexibility index (Phi) is 5.77. The molecular weight excluding hydrogens is 325 g/mol. The zero-order valence-corrected chi connectivity index (χ0v) is 12.8. The maximum Gasteiger partial charge on any atom is 0.254 e. The Balaban J connectivity index is 3.00. The molecule has 1 amide bonds. The van der Waals surface area contributed by atoms with Gasteiger partial charge in [0.2, 0.25) is 0 Å². The molecule has 0 bridgehead atoms. The maximum absolute atomic E-state index is 12.3. The van der Waals surface area contributed by atoms with E-state index in [2.05, 4.69) is 15.9 Å². The lowest BCUT2D eigenvalue weighted by molar-refractivity contribution is 0.0719. The first-order chi connectivity index (χ1) is 7.95. The highest BCUT2D eigenvalue weighted by Gasteiger charge is 2.18. The van der Waals surface area contributed by atoms with Gasteiger partial charge in [0.1, 0.15) is 0 Å². The van der Waals surface area contributed by atoms with Crippen LogP contribution in [-0.2, 0) is 0 Å². The van der Waals surface area contributed by atoms with Gasteiger partial charge in [-0.25, -0.2) is 0 Å². The molecule has 0 saturated heterocycles. The molecule has 0 aliphatic rings. The summed E-state index contributed by atoms with van der Waals surface area (Å²) in [4.78, 5) is 14.0. The summed E-state index contributed by atoms with van der Waals surface area (Å²) in [7, 11) is 0. The molecule has 0 radical (unpaired) electrons. The highest BCUT2D eigenvalue weighted by atomic mass is 79.9. The van der Waals surface area contributed by atoms with Crippen molar-refractivity contribution in [3.8, 4) is 0 Å². The van der Waals surface area contributed by atoms with Crippen molar-refractivity contribution >= 4 is 45.0 Å². The molecule has 0 aliphatic carbocycles. The van der Waals surface area contributed by atoms with Crippen molar-refractivity contribution in [1.29, 1.82) is 0 Å². The standard InChI is InChI=1S/C12H14BrCl2NO/c1-8(2)16(4-3-13)12(17)9-5-10(14)7-11(15)6-9/h5-8H,3-4H2,1-2H3. The Morgan fingerprint density at radius 2 is 1.82 bits per heavy atom. The summed E-state index contributed by atoms with van der Waals surface area (Å²) >= 11 is 15.1. The normalized spacial score (nSPS) is 10.7. The van der Waals surface area contributed by atoms with Crippen LogP contribution in [0.2, 0.25) is 10.0 Å².